The molecule has 9 heteroatoms. The molecule has 1 unspecified atom stereocenters. The minimum Gasteiger partial charge on any atom is -0.495 e. The van der Waals surface area contributed by atoms with E-state index in [1.54, 1.807) is 12.1 Å². The van der Waals surface area contributed by atoms with Crippen LogP contribution in [0, 0.1) is 0 Å². The Bertz CT molecular complexity index is 1100. The largest absolute Gasteiger partial charge is 0.495 e. The average molecular weight is 488 g/mol. The fourth-order valence-electron chi connectivity index (χ4n) is 3.76. The Kier molecular flexibility index (Phi) is 7.80. The number of hydrogen-bond donors (Lipinski definition) is 1. The zero-order chi connectivity index (χ0) is 23.2. The molecule has 0 radical (unpaired) electrons. The van der Waals surface area contributed by atoms with Gasteiger partial charge < -0.3 is 24.1 Å². The van der Waals surface area contributed by atoms with E-state index in [0.29, 0.717) is 28.8 Å². The van der Waals surface area contributed by atoms with E-state index in [-0.39, 0.29) is 17.8 Å². The standard InChI is InChI=1S/C24H26ClN3O4S/c1-30-21-12-19(22(31-2)11-18(21)25)27-23(29)15-33-24-26-13-20(16-7-4-3-5-8-16)28(24)14-17-9-6-10-32-17/h3-5,7-8,11-13,17H,6,9-10,14-15H2,1-2H3,(H,27,29). The third-order valence-electron chi connectivity index (χ3n) is 5.38. The van der Waals surface area contributed by atoms with Gasteiger partial charge >= 0.3 is 0 Å². The van der Waals surface area contributed by atoms with Gasteiger partial charge in [-0.05, 0) is 18.4 Å². The highest BCUT2D eigenvalue weighted by Crippen LogP contribution is 2.36. The van der Waals surface area contributed by atoms with Gasteiger partial charge in [-0.2, -0.15) is 0 Å². The third kappa shape index (κ3) is 5.63. The predicted octanol–water partition coefficient (Wildman–Crippen LogP) is 5.13. The number of ether oxygens (including phenoxy) is 3. The van der Waals surface area contributed by atoms with Gasteiger partial charge in [0.05, 0.1) is 55.2 Å². The number of hydrogen-bond acceptors (Lipinski definition) is 6. The number of carbonyl (C=O) groups is 1. The molecule has 0 aliphatic carbocycles. The van der Waals surface area contributed by atoms with Gasteiger partial charge in [-0.25, -0.2) is 4.98 Å². The van der Waals surface area contributed by atoms with Crippen molar-refractivity contribution in [1.29, 1.82) is 0 Å². The van der Waals surface area contributed by atoms with Crippen LogP contribution >= 0.6 is 23.4 Å². The molecule has 2 heterocycles. The van der Waals surface area contributed by atoms with E-state index in [1.807, 2.05) is 24.4 Å². The Morgan fingerprint density at radius 1 is 1.24 bits per heavy atom. The van der Waals surface area contributed by atoms with Crippen LogP contribution in [0.1, 0.15) is 12.8 Å². The highest BCUT2D eigenvalue weighted by atomic mass is 35.5. The van der Waals surface area contributed by atoms with Crippen LogP contribution in [0.3, 0.4) is 0 Å². The summed E-state index contributed by atoms with van der Waals surface area (Å²) in [6.45, 7) is 1.49. The molecule has 1 aromatic heterocycles. The summed E-state index contributed by atoms with van der Waals surface area (Å²) in [7, 11) is 3.04. The zero-order valence-corrected chi connectivity index (χ0v) is 20.1. The molecule has 1 saturated heterocycles. The van der Waals surface area contributed by atoms with E-state index in [9.17, 15) is 4.79 Å². The van der Waals surface area contributed by atoms with Gasteiger partial charge in [-0.3, -0.25) is 4.79 Å². The summed E-state index contributed by atoms with van der Waals surface area (Å²) in [5.41, 5.74) is 2.59. The Labute approximate surface area is 202 Å². The first-order chi connectivity index (χ1) is 16.1. The molecule has 0 bridgehead atoms. The van der Waals surface area contributed by atoms with Gasteiger partial charge in [0, 0.05) is 18.7 Å². The summed E-state index contributed by atoms with van der Waals surface area (Å²) in [5, 5.41) is 4.07. The third-order valence-corrected chi connectivity index (χ3v) is 6.66. The van der Waals surface area contributed by atoms with E-state index in [2.05, 4.69) is 27.0 Å². The van der Waals surface area contributed by atoms with Crippen LogP contribution in [0.2, 0.25) is 5.02 Å². The van der Waals surface area contributed by atoms with Crippen molar-refractivity contribution in [3.05, 3.63) is 53.7 Å². The minimum absolute atomic E-state index is 0.153. The van der Waals surface area contributed by atoms with Crippen molar-refractivity contribution < 1.29 is 19.0 Å². The lowest BCUT2D eigenvalue weighted by atomic mass is 10.1. The maximum atomic E-state index is 12.7. The van der Waals surface area contributed by atoms with Gasteiger partial charge in [0.1, 0.15) is 11.5 Å². The number of carbonyl (C=O) groups excluding carboxylic acids is 1. The Hall–Kier alpha value is -2.68. The smallest absolute Gasteiger partial charge is 0.234 e. The fraction of sp³-hybridized carbons (Fsp3) is 0.333. The molecule has 1 atom stereocenters. The lowest BCUT2D eigenvalue weighted by Gasteiger charge is -2.16. The number of thioether (sulfide) groups is 1. The molecule has 2 aromatic carbocycles. The first-order valence-electron chi connectivity index (χ1n) is 10.7. The van der Waals surface area contributed by atoms with E-state index >= 15 is 0 Å². The summed E-state index contributed by atoms with van der Waals surface area (Å²) in [5.74, 6) is 0.922. The van der Waals surface area contributed by atoms with Crippen LogP contribution in [-0.4, -0.2) is 48.1 Å². The second-order valence-corrected chi connectivity index (χ2v) is 8.91. The summed E-state index contributed by atoms with van der Waals surface area (Å²) in [6.07, 6.45) is 4.10. The molecular formula is C24H26ClN3O4S. The number of halogens is 1. The Morgan fingerprint density at radius 2 is 2.03 bits per heavy atom. The first-order valence-corrected chi connectivity index (χ1v) is 12.0. The maximum Gasteiger partial charge on any atom is 0.234 e. The van der Waals surface area contributed by atoms with Crippen molar-refractivity contribution in [1.82, 2.24) is 9.55 Å². The molecule has 3 aromatic rings. The second kappa shape index (κ2) is 11.0. The van der Waals surface area contributed by atoms with Crippen LogP contribution in [0.4, 0.5) is 5.69 Å². The van der Waals surface area contributed by atoms with E-state index in [1.165, 1.54) is 26.0 Å². The van der Waals surface area contributed by atoms with Crippen LogP contribution in [0.25, 0.3) is 11.3 Å². The molecule has 7 nitrogen and oxygen atoms in total. The van der Waals surface area contributed by atoms with Gasteiger partial charge in [0.2, 0.25) is 5.91 Å². The zero-order valence-electron chi connectivity index (χ0n) is 18.5. The molecule has 4 rings (SSSR count). The second-order valence-electron chi connectivity index (χ2n) is 7.56. The maximum absolute atomic E-state index is 12.7. The summed E-state index contributed by atoms with van der Waals surface area (Å²) < 4.78 is 18.6. The molecule has 1 aliphatic rings. The lowest BCUT2D eigenvalue weighted by Crippen LogP contribution is -2.18. The predicted molar refractivity (Wildman–Crippen MR) is 131 cm³/mol. The van der Waals surface area contributed by atoms with Crippen molar-refractivity contribution in [2.24, 2.45) is 0 Å². The van der Waals surface area contributed by atoms with Gasteiger partial charge in [0.25, 0.3) is 0 Å². The van der Waals surface area contributed by atoms with E-state index in [4.69, 9.17) is 25.8 Å². The summed E-state index contributed by atoms with van der Waals surface area (Å²) >= 11 is 7.54. The monoisotopic (exact) mass is 487 g/mol. The fourth-order valence-corrected chi connectivity index (χ4v) is 4.78. The molecule has 1 N–H and O–H groups in total. The molecule has 1 aliphatic heterocycles. The average Bonchev–Trinajstić information content (AvgIpc) is 3.49. The van der Waals surface area contributed by atoms with E-state index < -0.39 is 0 Å². The van der Waals surface area contributed by atoms with Crippen molar-refractivity contribution >= 4 is 35.0 Å². The topological polar surface area (TPSA) is 74.6 Å². The quantitative estimate of drug-likeness (QED) is 0.422. The first kappa shape index (κ1) is 23.5. The van der Waals surface area contributed by atoms with Crippen LogP contribution < -0.4 is 14.8 Å². The van der Waals surface area contributed by atoms with Gasteiger partial charge in [-0.1, -0.05) is 53.7 Å². The normalized spacial score (nSPS) is 15.4. The molecule has 0 saturated carbocycles. The number of imidazole rings is 1. The molecule has 1 fully saturated rings. The molecular weight excluding hydrogens is 462 g/mol. The molecule has 1 amide bonds. The van der Waals surface area contributed by atoms with Crippen molar-refractivity contribution in [2.45, 2.75) is 30.6 Å². The van der Waals surface area contributed by atoms with E-state index in [0.717, 1.165) is 35.9 Å². The SMILES string of the molecule is COc1cc(NC(=O)CSc2ncc(-c3ccccc3)n2CC2CCCO2)c(OC)cc1Cl. The number of nitrogens with zero attached hydrogens (tertiary/aromatic N) is 2. The van der Waals surface area contributed by atoms with Crippen LogP contribution in [0.5, 0.6) is 11.5 Å². The van der Waals surface area contributed by atoms with Gasteiger partial charge in [-0.15, -0.1) is 0 Å². The van der Waals surface area contributed by atoms with Gasteiger partial charge in [0.15, 0.2) is 5.16 Å². The number of amides is 1. The lowest BCUT2D eigenvalue weighted by molar-refractivity contribution is -0.113. The Balaban J connectivity index is 1.50. The minimum atomic E-state index is -0.185. The summed E-state index contributed by atoms with van der Waals surface area (Å²) in [4.78, 5) is 17.4. The molecule has 174 valence electrons. The number of anilines is 1. The van der Waals surface area contributed by atoms with Crippen molar-refractivity contribution in [3.63, 3.8) is 0 Å². The number of benzene rings is 2. The Morgan fingerprint density at radius 3 is 2.73 bits per heavy atom. The van der Waals surface area contributed by atoms with Crippen molar-refractivity contribution in [3.8, 4) is 22.8 Å². The highest BCUT2D eigenvalue weighted by molar-refractivity contribution is 7.99. The molecule has 0 spiro atoms. The number of rotatable bonds is 9. The number of nitrogens with one attached hydrogen (secondary N) is 1. The number of aromatic nitrogens is 2. The summed E-state index contributed by atoms with van der Waals surface area (Å²) in [6, 6.07) is 13.4. The van der Waals surface area contributed by atoms with Crippen LogP contribution in [0.15, 0.2) is 53.8 Å². The highest BCUT2D eigenvalue weighted by Gasteiger charge is 2.21. The van der Waals surface area contributed by atoms with Crippen LogP contribution in [-0.2, 0) is 16.1 Å². The van der Waals surface area contributed by atoms with Crippen molar-refractivity contribution in [2.75, 3.05) is 31.9 Å². The number of methoxy groups -OCH3 is 2. The molecule has 33 heavy (non-hydrogen) atoms.